The van der Waals surface area contributed by atoms with E-state index in [0.717, 1.165) is 26.4 Å². The quantitative estimate of drug-likeness (QED) is 0.267. The van der Waals surface area contributed by atoms with Crippen molar-refractivity contribution in [1.29, 1.82) is 0 Å². The third-order valence-electron chi connectivity index (χ3n) is 7.40. The van der Waals surface area contributed by atoms with Gasteiger partial charge in [0.25, 0.3) is 0 Å². The van der Waals surface area contributed by atoms with E-state index >= 15 is 0 Å². The molecule has 6 rings (SSSR count). The van der Waals surface area contributed by atoms with Crippen LogP contribution in [0.2, 0.25) is 0 Å². The maximum atomic E-state index is 12.8. The molecule has 1 N–H and O–H groups in total. The van der Waals surface area contributed by atoms with Gasteiger partial charge >= 0.3 is 24.5 Å². The van der Waals surface area contributed by atoms with Gasteiger partial charge in [0.2, 0.25) is 11.8 Å². The number of alkyl halides is 6. The van der Waals surface area contributed by atoms with E-state index in [1.165, 1.54) is 38.4 Å². The summed E-state index contributed by atoms with van der Waals surface area (Å²) in [6.07, 6.45) is -11.4. The summed E-state index contributed by atoms with van der Waals surface area (Å²) in [5.74, 6) is -1.03. The highest BCUT2D eigenvalue weighted by Crippen LogP contribution is 2.37. The fraction of sp³-hybridized carbons (Fsp3) is 0.267. The maximum absolute atomic E-state index is 12.8. The highest BCUT2D eigenvalue weighted by atomic mass is 19.4. The van der Waals surface area contributed by atoms with Crippen molar-refractivity contribution in [2.45, 2.75) is 32.1 Å². The van der Waals surface area contributed by atoms with Crippen LogP contribution in [-0.2, 0) is 53.6 Å². The second-order valence-electron chi connectivity index (χ2n) is 10.6. The van der Waals surface area contributed by atoms with Crippen molar-refractivity contribution in [2.75, 3.05) is 16.4 Å². The highest BCUT2D eigenvalue weighted by molar-refractivity contribution is 6.17. The predicted molar refractivity (Wildman–Crippen MR) is 155 cm³/mol. The molecule has 2 aromatic heterocycles. The average molecular weight is 679 g/mol. The Bertz CT molecular complexity index is 1960. The van der Waals surface area contributed by atoms with Crippen LogP contribution in [0.5, 0.6) is 0 Å². The summed E-state index contributed by atoms with van der Waals surface area (Å²) in [5.41, 5.74) is 0.980. The molecule has 0 unspecified atom stereocenters. The lowest BCUT2D eigenvalue weighted by molar-refractivity contribution is -0.142. The Morgan fingerprint density at radius 1 is 0.750 bits per heavy atom. The van der Waals surface area contributed by atoms with Crippen molar-refractivity contribution in [1.82, 2.24) is 19.6 Å². The van der Waals surface area contributed by atoms with Crippen LogP contribution in [0.1, 0.15) is 29.4 Å². The lowest BCUT2D eigenvalue weighted by Crippen LogP contribution is -2.34. The molecule has 0 aliphatic carbocycles. The first-order valence-corrected chi connectivity index (χ1v) is 13.9. The molecule has 252 valence electrons. The van der Waals surface area contributed by atoms with Gasteiger partial charge in [-0.3, -0.25) is 19.0 Å². The monoisotopic (exact) mass is 678 g/mol. The minimum Gasteiger partial charge on any atom is -0.464 e. The molecule has 48 heavy (non-hydrogen) atoms. The third kappa shape index (κ3) is 6.32. The fourth-order valence-corrected chi connectivity index (χ4v) is 5.31. The smallest absolute Gasteiger partial charge is 0.435 e. The van der Waals surface area contributed by atoms with E-state index in [1.54, 1.807) is 19.1 Å². The Morgan fingerprint density at radius 3 is 1.54 bits per heavy atom. The van der Waals surface area contributed by atoms with E-state index in [2.05, 4.69) is 10.2 Å². The van der Waals surface area contributed by atoms with Crippen LogP contribution in [-0.4, -0.2) is 55.3 Å². The molecule has 0 spiro atoms. The number of rotatable bonds is 3. The van der Waals surface area contributed by atoms with E-state index in [4.69, 9.17) is 9.84 Å². The lowest BCUT2D eigenvalue weighted by atomic mass is 10.1. The molecule has 12 nitrogen and oxygen atoms in total. The number of halogens is 6. The maximum Gasteiger partial charge on any atom is 0.435 e. The van der Waals surface area contributed by atoms with Gasteiger partial charge in [0.05, 0.1) is 42.2 Å². The Hall–Kier alpha value is -5.68. The van der Waals surface area contributed by atoms with Crippen LogP contribution < -0.4 is 9.80 Å². The number of amides is 4. The van der Waals surface area contributed by atoms with Gasteiger partial charge in [0, 0.05) is 25.2 Å². The van der Waals surface area contributed by atoms with Gasteiger partial charge in [-0.1, -0.05) is 12.1 Å². The summed E-state index contributed by atoms with van der Waals surface area (Å²) in [6, 6.07) is 10.9. The standard InChI is InChI=1S/C16H14F3N3O3.C14H10F3N3O3/c1-3-25-15(24)22-11-5-4-9(6-10(11)7-14(22)23)12-8-13(16(17,18)19)20-21(12)2;1-19-10(6-11(18-19)14(15,16)17)7-2-3-9-8(4-7)5-12(21)20(9)13(22)23/h4-6,8H,3,7H2,1-2H3;2-4,6H,5H2,1H3,(H,22,23). The van der Waals surface area contributed by atoms with Gasteiger partial charge in [-0.15, -0.1) is 0 Å². The number of aryl methyl sites for hydroxylation is 2. The normalized spacial score (nSPS) is 14.1. The first-order chi connectivity index (χ1) is 22.4. The molecule has 2 aromatic carbocycles. The zero-order valence-electron chi connectivity index (χ0n) is 25.2. The molecule has 2 aliphatic rings. The Labute approximate surface area is 266 Å². The van der Waals surface area contributed by atoms with E-state index in [-0.39, 0.29) is 36.5 Å². The molecule has 0 radical (unpaired) electrons. The van der Waals surface area contributed by atoms with Crippen LogP contribution in [0, 0.1) is 0 Å². The predicted octanol–water partition coefficient (Wildman–Crippen LogP) is 5.82. The first kappa shape index (κ1) is 33.7. The molecule has 2 aliphatic heterocycles. The van der Waals surface area contributed by atoms with Gasteiger partial charge in [-0.2, -0.15) is 36.5 Å². The summed E-state index contributed by atoms with van der Waals surface area (Å²) in [4.78, 5) is 48.3. The molecule has 0 bridgehead atoms. The molecule has 0 saturated carbocycles. The zero-order valence-corrected chi connectivity index (χ0v) is 25.2. The first-order valence-electron chi connectivity index (χ1n) is 13.9. The number of hydrogen-bond acceptors (Lipinski definition) is 7. The second kappa shape index (κ2) is 12.2. The largest absolute Gasteiger partial charge is 0.464 e. The number of hydrogen-bond donors (Lipinski definition) is 1. The summed E-state index contributed by atoms with van der Waals surface area (Å²) < 4.78 is 83.6. The number of imide groups is 2. The number of nitrogens with zero attached hydrogens (tertiary/aromatic N) is 6. The molecular weight excluding hydrogens is 654 g/mol. The Balaban J connectivity index is 0.000000188. The van der Waals surface area contributed by atoms with Crippen molar-refractivity contribution in [3.63, 3.8) is 0 Å². The Kier molecular flexibility index (Phi) is 8.53. The van der Waals surface area contributed by atoms with E-state index in [9.17, 15) is 45.5 Å². The number of benzene rings is 2. The Morgan fingerprint density at radius 2 is 1.17 bits per heavy atom. The molecule has 18 heteroatoms. The van der Waals surface area contributed by atoms with Crippen molar-refractivity contribution < 1.29 is 55.4 Å². The fourth-order valence-electron chi connectivity index (χ4n) is 5.31. The van der Waals surface area contributed by atoms with Crippen LogP contribution >= 0.6 is 0 Å². The van der Waals surface area contributed by atoms with Crippen molar-refractivity contribution in [3.8, 4) is 22.5 Å². The lowest BCUT2D eigenvalue weighted by Gasteiger charge is -2.14. The van der Waals surface area contributed by atoms with Gasteiger partial charge < -0.3 is 9.84 Å². The average Bonchev–Trinajstić information content (AvgIpc) is 3.73. The minimum absolute atomic E-state index is 0.0219. The van der Waals surface area contributed by atoms with E-state index in [0.29, 0.717) is 32.8 Å². The highest BCUT2D eigenvalue weighted by Gasteiger charge is 2.37. The van der Waals surface area contributed by atoms with Crippen molar-refractivity contribution in [2.24, 2.45) is 14.1 Å². The van der Waals surface area contributed by atoms with Crippen LogP contribution in [0.15, 0.2) is 48.5 Å². The summed E-state index contributed by atoms with van der Waals surface area (Å²) in [5, 5.41) is 15.9. The van der Waals surface area contributed by atoms with Crippen LogP contribution in [0.3, 0.4) is 0 Å². The molecular formula is C30H24F6N6O6. The molecule has 0 fully saturated rings. The summed E-state index contributed by atoms with van der Waals surface area (Å²) in [7, 11) is 2.79. The van der Waals surface area contributed by atoms with Crippen LogP contribution in [0.25, 0.3) is 22.5 Å². The number of aromatic nitrogens is 4. The summed E-state index contributed by atoms with van der Waals surface area (Å²) in [6.45, 7) is 1.76. The molecule has 0 atom stereocenters. The van der Waals surface area contributed by atoms with Gasteiger partial charge in [0.15, 0.2) is 11.4 Å². The molecule has 4 amide bonds. The SMILES string of the molecule is CCOC(=O)N1C(=O)Cc2cc(-c3cc(C(F)(F)F)nn3C)ccc21.Cn1nc(C(F)(F)F)cc1-c1ccc2c(c1)CC(=O)N2C(=O)O. The number of fused-ring (bicyclic) bond motifs is 2. The van der Waals surface area contributed by atoms with Gasteiger partial charge in [-0.05, 0) is 54.4 Å². The van der Waals surface area contributed by atoms with E-state index < -0.39 is 47.7 Å². The molecule has 4 heterocycles. The number of carbonyl (C=O) groups excluding carboxylic acids is 3. The van der Waals surface area contributed by atoms with Crippen molar-refractivity contribution >= 4 is 35.4 Å². The number of anilines is 2. The second-order valence-corrected chi connectivity index (χ2v) is 10.6. The topological polar surface area (TPSA) is 140 Å². The number of ether oxygens (including phenoxy) is 1. The molecule has 0 saturated heterocycles. The number of carbonyl (C=O) groups is 4. The van der Waals surface area contributed by atoms with Gasteiger partial charge in [-0.25, -0.2) is 19.4 Å². The van der Waals surface area contributed by atoms with Crippen molar-refractivity contribution in [3.05, 3.63) is 71.0 Å². The third-order valence-corrected chi connectivity index (χ3v) is 7.40. The minimum atomic E-state index is -4.55. The number of carboxylic acid groups (broad SMARTS) is 1. The van der Waals surface area contributed by atoms with E-state index in [1.807, 2.05) is 0 Å². The zero-order chi connectivity index (χ0) is 35.3. The van der Waals surface area contributed by atoms with Gasteiger partial charge in [0.1, 0.15) is 0 Å². The molecule has 4 aromatic rings. The van der Waals surface area contributed by atoms with Crippen LogP contribution in [0.4, 0.5) is 47.3 Å². The summed E-state index contributed by atoms with van der Waals surface area (Å²) >= 11 is 0.